The number of carbonyl (C=O) groups excluding carboxylic acids is 1. The molecular weight excluding hydrogens is 314 g/mol. The molecule has 1 N–H and O–H groups in total. The normalized spacial score (nSPS) is 17.6. The molecule has 23 heavy (non-hydrogen) atoms. The Kier molecular flexibility index (Phi) is 4.86. The molecule has 118 valence electrons. The standard InChI is InChI=1S/C16H15N3O3S/c1-9-14(10(2)20)15(13(8-17)16(18-9)23-3)11-4-6-12(7-5-11)19(21)22/h4-7,15,18H,1-3H3/t15-/m1/s1. The van der Waals surface area contributed by atoms with Crippen molar-refractivity contribution in [2.75, 3.05) is 6.26 Å². The Morgan fingerprint density at radius 1 is 1.39 bits per heavy atom. The van der Waals surface area contributed by atoms with Crippen molar-refractivity contribution in [2.45, 2.75) is 19.8 Å². The molecule has 0 radical (unpaired) electrons. The number of nitriles is 1. The summed E-state index contributed by atoms with van der Waals surface area (Å²) in [7, 11) is 0. The number of thioether (sulfide) groups is 1. The number of non-ortho nitro benzene ring substituents is 1. The van der Waals surface area contributed by atoms with Crippen LogP contribution >= 0.6 is 11.8 Å². The number of Topliss-reactive ketones (excluding diaryl/α,β-unsaturated/α-hetero) is 1. The molecule has 2 rings (SSSR count). The van der Waals surface area contributed by atoms with E-state index in [1.54, 1.807) is 19.1 Å². The van der Waals surface area contributed by atoms with Gasteiger partial charge >= 0.3 is 0 Å². The maximum Gasteiger partial charge on any atom is 0.269 e. The van der Waals surface area contributed by atoms with Crippen LogP contribution in [0.5, 0.6) is 0 Å². The van der Waals surface area contributed by atoms with Gasteiger partial charge < -0.3 is 5.32 Å². The van der Waals surface area contributed by atoms with Gasteiger partial charge in [0, 0.05) is 23.4 Å². The highest BCUT2D eigenvalue weighted by Gasteiger charge is 2.32. The number of nitrogens with zero attached hydrogens (tertiary/aromatic N) is 2. The molecule has 1 atom stereocenters. The van der Waals surface area contributed by atoms with Gasteiger partial charge in [-0.3, -0.25) is 14.9 Å². The monoisotopic (exact) mass is 329 g/mol. The fourth-order valence-corrected chi connectivity index (χ4v) is 3.30. The van der Waals surface area contributed by atoms with Gasteiger partial charge in [-0.15, -0.1) is 11.8 Å². The molecule has 0 amide bonds. The van der Waals surface area contributed by atoms with E-state index in [0.29, 0.717) is 27.4 Å². The molecule has 0 aromatic heterocycles. The fraction of sp³-hybridized carbons (Fsp3) is 0.250. The van der Waals surface area contributed by atoms with E-state index in [2.05, 4.69) is 11.4 Å². The Hall–Kier alpha value is -2.59. The topological polar surface area (TPSA) is 96.0 Å². The number of allylic oxidation sites excluding steroid dienone is 3. The van der Waals surface area contributed by atoms with Crippen LogP contribution in [0.4, 0.5) is 5.69 Å². The number of hydrogen-bond acceptors (Lipinski definition) is 6. The highest BCUT2D eigenvalue weighted by atomic mass is 32.2. The van der Waals surface area contributed by atoms with E-state index in [1.165, 1.54) is 30.8 Å². The van der Waals surface area contributed by atoms with Gasteiger partial charge in [-0.25, -0.2) is 0 Å². The number of hydrogen-bond donors (Lipinski definition) is 1. The van der Waals surface area contributed by atoms with Crippen molar-refractivity contribution in [3.63, 3.8) is 0 Å². The highest BCUT2D eigenvalue weighted by molar-refractivity contribution is 8.02. The minimum Gasteiger partial charge on any atom is -0.353 e. The smallest absolute Gasteiger partial charge is 0.269 e. The molecule has 0 aliphatic carbocycles. The molecule has 1 aromatic carbocycles. The summed E-state index contributed by atoms with van der Waals surface area (Å²) < 4.78 is 0. The minimum absolute atomic E-state index is 0.0275. The molecule has 1 heterocycles. The van der Waals surface area contributed by atoms with E-state index >= 15 is 0 Å². The molecule has 0 saturated heterocycles. The van der Waals surface area contributed by atoms with Gasteiger partial charge in [0.1, 0.15) is 0 Å². The molecule has 1 aliphatic rings. The van der Waals surface area contributed by atoms with E-state index in [-0.39, 0.29) is 11.5 Å². The second kappa shape index (κ2) is 6.67. The van der Waals surface area contributed by atoms with Crippen molar-refractivity contribution in [1.29, 1.82) is 5.26 Å². The molecule has 1 aliphatic heterocycles. The zero-order chi connectivity index (χ0) is 17.1. The van der Waals surface area contributed by atoms with Crippen LogP contribution in [0.1, 0.15) is 25.3 Å². The van der Waals surface area contributed by atoms with Crippen LogP contribution in [0.3, 0.4) is 0 Å². The van der Waals surface area contributed by atoms with E-state index in [0.717, 1.165) is 0 Å². The Bertz CT molecular complexity index is 773. The number of benzene rings is 1. The molecule has 0 bridgehead atoms. The maximum absolute atomic E-state index is 12.1. The first-order valence-corrected chi connectivity index (χ1v) is 8.04. The third-order valence-electron chi connectivity index (χ3n) is 3.67. The molecule has 6 nitrogen and oxygen atoms in total. The van der Waals surface area contributed by atoms with Crippen LogP contribution < -0.4 is 5.32 Å². The summed E-state index contributed by atoms with van der Waals surface area (Å²) in [6.07, 6.45) is 1.85. The minimum atomic E-state index is -0.512. The predicted octanol–water partition coefficient (Wildman–Crippen LogP) is 3.24. The largest absolute Gasteiger partial charge is 0.353 e. The Morgan fingerprint density at radius 3 is 2.43 bits per heavy atom. The van der Waals surface area contributed by atoms with Gasteiger partial charge in [0.05, 0.1) is 27.5 Å². The summed E-state index contributed by atoms with van der Waals surface area (Å²) in [5.74, 6) is -0.645. The van der Waals surface area contributed by atoms with Crippen LogP contribution in [0, 0.1) is 21.4 Å². The van der Waals surface area contributed by atoms with Gasteiger partial charge in [-0.1, -0.05) is 12.1 Å². The van der Waals surface area contributed by atoms with Crippen molar-refractivity contribution < 1.29 is 9.72 Å². The Labute approximate surface area is 138 Å². The lowest BCUT2D eigenvalue weighted by molar-refractivity contribution is -0.384. The third-order valence-corrected chi connectivity index (χ3v) is 4.40. The summed E-state index contributed by atoms with van der Waals surface area (Å²) in [4.78, 5) is 22.4. The van der Waals surface area contributed by atoms with Crippen LogP contribution in [0.25, 0.3) is 0 Å². The van der Waals surface area contributed by atoms with Crippen LogP contribution in [-0.2, 0) is 4.79 Å². The maximum atomic E-state index is 12.1. The second-order valence-corrected chi connectivity index (χ2v) is 5.88. The quantitative estimate of drug-likeness (QED) is 0.673. The molecule has 7 heteroatoms. The third kappa shape index (κ3) is 3.12. The van der Waals surface area contributed by atoms with Crippen molar-refractivity contribution >= 4 is 23.2 Å². The molecular formula is C16H15N3O3S. The zero-order valence-corrected chi connectivity index (χ0v) is 13.7. The highest BCUT2D eigenvalue weighted by Crippen LogP contribution is 2.40. The molecule has 0 unspecified atom stereocenters. The summed E-state index contributed by atoms with van der Waals surface area (Å²) in [5, 5.41) is 24.1. The number of ketones is 1. The Balaban J connectivity index is 2.63. The van der Waals surface area contributed by atoms with Crippen LogP contribution in [-0.4, -0.2) is 17.0 Å². The van der Waals surface area contributed by atoms with Crippen molar-refractivity contribution in [1.82, 2.24) is 5.32 Å². The Morgan fingerprint density at radius 2 is 2.00 bits per heavy atom. The average Bonchev–Trinajstić information content (AvgIpc) is 2.53. The second-order valence-electron chi connectivity index (χ2n) is 5.06. The predicted molar refractivity (Wildman–Crippen MR) is 88.5 cm³/mol. The number of dihydropyridines is 1. The van der Waals surface area contributed by atoms with Crippen LogP contribution in [0.2, 0.25) is 0 Å². The zero-order valence-electron chi connectivity index (χ0n) is 12.9. The average molecular weight is 329 g/mol. The van der Waals surface area contributed by atoms with Gasteiger partial charge in [-0.2, -0.15) is 5.26 Å². The first-order valence-electron chi connectivity index (χ1n) is 6.82. The number of rotatable bonds is 4. The van der Waals surface area contributed by atoms with E-state index in [9.17, 15) is 20.2 Å². The number of nitro groups is 1. The van der Waals surface area contributed by atoms with Gasteiger partial charge in [0.2, 0.25) is 0 Å². The van der Waals surface area contributed by atoms with Gasteiger partial charge in [0.25, 0.3) is 5.69 Å². The van der Waals surface area contributed by atoms with Crippen molar-refractivity contribution in [3.05, 3.63) is 61.8 Å². The fourth-order valence-electron chi connectivity index (χ4n) is 2.66. The number of carbonyl (C=O) groups is 1. The lowest BCUT2D eigenvalue weighted by Crippen LogP contribution is -2.26. The molecule has 1 aromatic rings. The number of nitrogens with one attached hydrogen (secondary N) is 1. The molecule has 0 spiro atoms. The van der Waals surface area contributed by atoms with Gasteiger partial charge in [0.15, 0.2) is 5.78 Å². The van der Waals surface area contributed by atoms with E-state index in [4.69, 9.17) is 0 Å². The first kappa shape index (κ1) is 16.8. The first-order chi connectivity index (χ1) is 10.9. The van der Waals surface area contributed by atoms with Crippen LogP contribution in [0.15, 0.2) is 46.1 Å². The SMILES string of the molecule is CSC1=C(C#N)[C@@H](c2ccc([N+](=O)[O-])cc2)C(C(C)=O)=C(C)N1. The summed E-state index contributed by atoms with van der Waals surface area (Å²) in [6.45, 7) is 3.25. The lowest BCUT2D eigenvalue weighted by atomic mass is 9.81. The lowest BCUT2D eigenvalue weighted by Gasteiger charge is -2.28. The van der Waals surface area contributed by atoms with Crippen molar-refractivity contribution in [2.24, 2.45) is 0 Å². The van der Waals surface area contributed by atoms with E-state index in [1.807, 2.05) is 6.26 Å². The molecule has 0 fully saturated rings. The summed E-state index contributed by atoms with van der Waals surface area (Å²) >= 11 is 1.39. The number of nitro benzene ring substituents is 1. The van der Waals surface area contributed by atoms with Gasteiger partial charge in [-0.05, 0) is 25.7 Å². The summed E-state index contributed by atoms with van der Waals surface area (Å²) in [6, 6.07) is 8.14. The van der Waals surface area contributed by atoms with E-state index < -0.39 is 10.8 Å². The summed E-state index contributed by atoms with van der Waals surface area (Å²) in [5.41, 5.74) is 2.31. The van der Waals surface area contributed by atoms with Crippen molar-refractivity contribution in [3.8, 4) is 6.07 Å². The molecule has 0 saturated carbocycles.